The Morgan fingerprint density at radius 2 is 1.49 bits per heavy atom. The third-order valence-electron chi connectivity index (χ3n) is 7.98. The van der Waals surface area contributed by atoms with Gasteiger partial charge in [0.2, 0.25) is 0 Å². The lowest BCUT2D eigenvalue weighted by Crippen LogP contribution is -2.52. The predicted octanol–water partition coefficient (Wildman–Crippen LogP) is 4.19. The Morgan fingerprint density at radius 1 is 0.919 bits per heavy atom. The number of allylic oxidation sites excluding steroid dienone is 2. The van der Waals surface area contributed by atoms with Gasteiger partial charge in [-0.3, -0.25) is 29.3 Å². The zero-order valence-electron chi connectivity index (χ0n) is 19.1. The lowest BCUT2D eigenvalue weighted by molar-refractivity contribution is -0.384. The molecular weight excluding hydrogens is 521 g/mol. The smallest absolute Gasteiger partial charge is 0.273 e. The summed E-state index contributed by atoms with van der Waals surface area (Å²) in [6.45, 7) is -0.622. The molecule has 188 valence electrons. The number of carbonyl (C=O) groups excluding carboxylic acids is 4. The van der Waals surface area contributed by atoms with Crippen molar-refractivity contribution in [3.05, 3.63) is 85.9 Å². The van der Waals surface area contributed by atoms with Crippen LogP contribution in [0.4, 0.5) is 5.69 Å². The van der Waals surface area contributed by atoms with Crippen LogP contribution in [0.15, 0.2) is 54.6 Å². The summed E-state index contributed by atoms with van der Waals surface area (Å²) < 4.78 is 0. The number of nitrogens with zero attached hydrogens (tertiary/aromatic N) is 3. The topological polar surface area (TPSA) is 118 Å². The number of ketones is 1. The van der Waals surface area contributed by atoms with Gasteiger partial charge in [0.25, 0.3) is 23.4 Å². The number of halogens is 2. The summed E-state index contributed by atoms with van der Waals surface area (Å²) >= 11 is 12.1. The van der Waals surface area contributed by atoms with Gasteiger partial charge in [0.05, 0.1) is 26.8 Å². The highest BCUT2D eigenvalue weighted by Gasteiger charge is 2.68. The monoisotopic (exact) mass is 539 g/mol. The van der Waals surface area contributed by atoms with E-state index in [0.29, 0.717) is 11.8 Å². The number of nitro benzene ring substituents is 1. The molecular formula is C26H19Cl2N3O6. The Hall–Kier alpha value is -3.56. The summed E-state index contributed by atoms with van der Waals surface area (Å²) in [5, 5.41) is 13.0. The van der Waals surface area contributed by atoms with Crippen LogP contribution in [0.2, 0.25) is 10.0 Å². The number of imide groups is 1. The molecule has 1 heterocycles. The molecule has 0 aromatic heterocycles. The molecule has 2 aromatic carbocycles. The Morgan fingerprint density at radius 3 is 2.03 bits per heavy atom. The number of Topliss-reactive ketones (excluding diaryl/α,β-unsaturated/α-hetero) is 1. The number of amides is 3. The van der Waals surface area contributed by atoms with Crippen molar-refractivity contribution in [2.45, 2.75) is 6.42 Å². The highest BCUT2D eigenvalue weighted by molar-refractivity contribution is 6.42. The first-order valence-electron chi connectivity index (χ1n) is 11.8. The van der Waals surface area contributed by atoms with Gasteiger partial charge in [-0.25, -0.2) is 5.01 Å². The van der Waals surface area contributed by atoms with Gasteiger partial charge in [-0.1, -0.05) is 35.4 Å². The normalized spacial score (nSPS) is 28.6. The minimum Gasteiger partial charge on any atom is -0.292 e. The Bertz CT molecular complexity index is 1390. The van der Waals surface area contributed by atoms with E-state index in [4.69, 9.17) is 23.2 Å². The van der Waals surface area contributed by atoms with Crippen molar-refractivity contribution in [2.24, 2.45) is 35.5 Å². The maximum atomic E-state index is 13.7. The summed E-state index contributed by atoms with van der Waals surface area (Å²) in [6.07, 6.45) is 5.02. The van der Waals surface area contributed by atoms with Gasteiger partial charge >= 0.3 is 0 Å². The Balaban J connectivity index is 1.35. The van der Waals surface area contributed by atoms with Crippen molar-refractivity contribution < 1.29 is 24.1 Å². The van der Waals surface area contributed by atoms with E-state index in [1.807, 2.05) is 12.2 Å². The zero-order chi connectivity index (χ0) is 26.2. The molecule has 6 atom stereocenters. The van der Waals surface area contributed by atoms with Crippen LogP contribution in [0.1, 0.15) is 27.1 Å². The molecule has 0 radical (unpaired) electrons. The maximum Gasteiger partial charge on any atom is 0.273 e. The van der Waals surface area contributed by atoms with E-state index in [1.54, 1.807) is 0 Å². The number of nitro groups is 1. The van der Waals surface area contributed by atoms with Crippen molar-refractivity contribution in [1.82, 2.24) is 10.0 Å². The van der Waals surface area contributed by atoms with Gasteiger partial charge in [0.15, 0.2) is 5.78 Å². The van der Waals surface area contributed by atoms with Gasteiger partial charge in [-0.2, -0.15) is 5.01 Å². The molecule has 0 unspecified atom stereocenters. The van der Waals surface area contributed by atoms with E-state index in [0.717, 1.165) is 16.4 Å². The SMILES string of the molecule is O=C(CN(C(=O)c1ccc(Cl)c(Cl)c1)N1C(=O)[C@@H]2[C@H]3C=C[C@@H]([C@@H]4C[C@@H]34)[C@@H]2C1=O)c1ccc([N+](=O)[O-])cc1. The minimum atomic E-state index is -0.764. The highest BCUT2D eigenvalue weighted by Crippen LogP contribution is 2.65. The first-order valence-corrected chi connectivity index (χ1v) is 12.5. The van der Waals surface area contributed by atoms with Crippen molar-refractivity contribution in [2.75, 3.05) is 6.54 Å². The average Bonchev–Trinajstić information content (AvgIpc) is 3.67. The van der Waals surface area contributed by atoms with Gasteiger partial charge in [0.1, 0.15) is 6.54 Å². The molecule has 37 heavy (non-hydrogen) atoms. The van der Waals surface area contributed by atoms with Crippen molar-refractivity contribution in [1.29, 1.82) is 0 Å². The second kappa shape index (κ2) is 8.49. The number of carbonyl (C=O) groups is 4. The minimum absolute atomic E-state index is 0.0466. The van der Waals surface area contributed by atoms with Crippen LogP contribution in [0.3, 0.4) is 0 Å². The summed E-state index contributed by atoms with van der Waals surface area (Å²) in [7, 11) is 0. The lowest BCUT2D eigenvalue weighted by Gasteiger charge is -2.37. The van der Waals surface area contributed by atoms with Gasteiger partial charge < -0.3 is 0 Å². The third kappa shape index (κ3) is 3.67. The summed E-state index contributed by atoms with van der Waals surface area (Å²) in [4.78, 5) is 64.6. The van der Waals surface area contributed by atoms with E-state index >= 15 is 0 Å². The van der Waals surface area contributed by atoms with E-state index in [9.17, 15) is 29.3 Å². The molecule has 3 amide bonds. The molecule has 1 aliphatic heterocycles. The number of hydrogen-bond donors (Lipinski definition) is 0. The quantitative estimate of drug-likeness (QED) is 0.178. The van der Waals surface area contributed by atoms with Gasteiger partial charge in [-0.05, 0) is 60.4 Å². The van der Waals surface area contributed by atoms with Crippen LogP contribution >= 0.6 is 23.2 Å². The third-order valence-corrected chi connectivity index (χ3v) is 8.71. The standard InChI is InChI=1S/C26H19Cl2N3O6/c27-19-8-3-13(9-20(19)28)24(33)29(11-21(32)12-1-4-14(5-2-12)31(36)37)30-25(34)22-15-6-7-16(18-10-17(15)18)23(22)26(30)35/h1-9,15-18,22-23H,10-11H2/t15-,16-,17-,18-,22-,23+/m0/s1. The van der Waals surface area contributed by atoms with Crippen molar-refractivity contribution >= 4 is 52.4 Å². The average molecular weight is 540 g/mol. The number of hydrogen-bond acceptors (Lipinski definition) is 6. The summed E-state index contributed by atoms with van der Waals surface area (Å²) in [5.41, 5.74) is -0.0573. The Kier molecular flexibility index (Phi) is 5.47. The van der Waals surface area contributed by atoms with Crippen molar-refractivity contribution in [3.8, 4) is 0 Å². The van der Waals surface area contributed by atoms with E-state index in [1.165, 1.54) is 42.5 Å². The fourth-order valence-corrected chi connectivity index (χ4v) is 6.49. The summed E-state index contributed by atoms with van der Waals surface area (Å²) in [5.74, 6) is -2.86. The largest absolute Gasteiger partial charge is 0.292 e. The molecule has 3 fully saturated rings. The van der Waals surface area contributed by atoms with Gasteiger partial charge in [0, 0.05) is 23.3 Å². The summed E-state index contributed by atoms with van der Waals surface area (Å²) in [6, 6.07) is 9.02. The second-order valence-corrected chi connectivity index (χ2v) is 10.7. The highest BCUT2D eigenvalue weighted by atomic mass is 35.5. The maximum absolute atomic E-state index is 13.7. The predicted molar refractivity (Wildman–Crippen MR) is 131 cm³/mol. The first-order chi connectivity index (χ1) is 17.7. The Labute approximate surface area is 220 Å². The van der Waals surface area contributed by atoms with Gasteiger partial charge in [-0.15, -0.1) is 0 Å². The number of benzene rings is 2. The van der Waals surface area contributed by atoms with Crippen LogP contribution in [-0.2, 0) is 9.59 Å². The molecule has 0 N–H and O–H groups in total. The lowest BCUT2D eigenvalue weighted by atomic mass is 9.63. The van der Waals surface area contributed by atoms with Crippen LogP contribution in [-0.4, -0.2) is 45.0 Å². The molecule has 2 aromatic rings. The van der Waals surface area contributed by atoms with E-state index in [2.05, 4.69) is 0 Å². The molecule has 4 aliphatic carbocycles. The first kappa shape index (κ1) is 23.8. The number of rotatable bonds is 6. The van der Waals surface area contributed by atoms with Crippen LogP contribution < -0.4 is 0 Å². The van der Waals surface area contributed by atoms with Crippen LogP contribution in [0, 0.1) is 45.6 Å². The fourth-order valence-electron chi connectivity index (χ4n) is 6.19. The van der Waals surface area contributed by atoms with Crippen LogP contribution in [0.5, 0.6) is 0 Å². The fraction of sp³-hybridized carbons (Fsp3) is 0.308. The molecule has 7 rings (SSSR count). The molecule has 1 saturated heterocycles. The van der Waals surface area contributed by atoms with E-state index in [-0.39, 0.29) is 38.7 Å². The molecule has 5 aliphatic rings. The van der Waals surface area contributed by atoms with Crippen LogP contribution in [0.25, 0.3) is 0 Å². The van der Waals surface area contributed by atoms with Crippen molar-refractivity contribution in [3.63, 3.8) is 0 Å². The van der Waals surface area contributed by atoms with E-state index < -0.39 is 46.8 Å². The molecule has 11 heteroatoms. The molecule has 2 saturated carbocycles. The molecule has 2 bridgehead atoms. The molecule has 0 spiro atoms. The number of hydrazine groups is 1. The zero-order valence-corrected chi connectivity index (χ0v) is 20.6. The molecule has 9 nitrogen and oxygen atoms in total. The second-order valence-electron chi connectivity index (χ2n) is 9.86. The number of non-ortho nitro benzene ring substituents is 1.